The van der Waals surface area contributed by atoms with Crippen LogP contribution in [-0.2, 0) is 19.9 Å². The Morgan fingerprint density at radius 1 is 1.12 bits per heavy atom. The minimum Gasteiger partial charge on any atom is -0.341 e. The van der Waals surface area contributed by atoms with Gasteiger partial charge >= 0.3 is 5.69 Å². The molecular formula is C18H19N5O. The topological polar surface area (TPSA) is 66.8 Å². The van der Waals surface area contributed by atoms with Crippen LogP contribution in [0, 0.1) is 0 Å². The first-order chi connectivity index (χ1) is 11.7. The Kier molecular flexibility index (Phi) is 2.83. The Labute approximate surface area is 139 Å². The van der Waals surface area contributed by atoms with Crippen molar-refractivity contribution in [3.8, 4) is 11.3 Å². The van der Waals surface area contributed by atoms with Crippen LogP contribution < -0.4 is 10.6 Å². The smallest absolute Gasteiger partial charge is 0.326 e. The lowest BCUT2D eigenvalue weighted by Crippen LogP contribution is -2.38. The van der Waals surface area contributed by atoms with E-state index in [2.05, 4.69) is 16.0 Å². The fourth-order valence-electron chi connectivity index (χ4n) is 3.70. The van der Waals surface area contributed by atoms with Crippen LogP contribution in [0.25, 0.3) is 22.3 Å². The molecule has 1 aliphatic heterocycles. The number of aromatic amines is 1. The van der Waals surface area contributed by atoms with Gasteiger partial charge in [0, 0.05) is 37.0 Å². The number of hydrogen-bond donors (Lipinski definition) is 1. The average molecular weight is 321 g/mol. The number of hydrogen-bond acceptors (Lipinski definition) is 4. The molecule has 1 aromatic carbocycles. The third-order valence-corrected chi connectivity index (χ3v) is 5.24. The predicted octanol–water partition coefficient (Wildman–Crippen LogP) is 2.02. The summed E-state index contributed by atoms with van der Waals surface area (Å²) < 4.78 is 1.63. The third kappa shape index (κ3) is 1.92. The number of benzene rings is 1. The monoisotopic (exact) mass is 321 g/mol. The molecule has 0 atom stereocenters. The van der Waals surface area contributed by atoms with E-state index in [1.54, 1.807) is 11.6 Å². The molecule has 0 amide bonds. The second kappa shape index (κ2) is 4.93. The zero-order valence-electron chi connectivity index (χ0n) is 13.7. The van der Waals surface area contributed by atoms with Crippen molar-refractivity contribution in [2.75, 3.05) is 18.0 Å². The van der Waals surface area contributed by atoms with Crippen LogP contribution in [0.5, 0.6) is 0 Å². The van der Waals surface area contributed by atoms with Crippen LogP contribution in [0.2, 0.25) is 0 Å². The van der Waals surface area contributed by atoms with E-state index in [1.165, 1.54) is 17.7 Å². The van der Waals surface area contributed by atoms with E-state index >= 15 is 0 Å². The Balaban J connectivity index is 1.70. The maximum atomic E-state index is 11.8. The molecule has 3 aromatic rings. The van der Waals surface area contributed by atoms with E-state index in [0.717, 1.165) is 60.6 Å². The largest absolute Gasteiger partial charge is 0.341 e. The van der Waals surface area contributed by atoms with Crippen molar-refractivity contribution in [3.63, 3.8) is 0 Å². The maximum absolute atomic E-state index is 11.8. The van der Waals surface area contributed by atoms with Crippen LogP contribution in [-0.4, -0.2) is 32.6 Å². The zero-order valence-corrected chi connectivity index (χ0v) is 13.7. The summed E-state index contributed by atoms with van der Waals surface area (Å²) in [4.78, 5) is 26.7. The van der Waals surface area contributed by atoms with Gasteiger partial charge in [0.05, 0.1) is 16.7 Å². The number of rotatable bonds is 2. The standard InChI is InChI=1S/C18H19N5O/c1-22-15-7-6-11(10-14(15)20-18(22)24)16-12-4-2-5-13(12)19-17(21-16)23-8-3-9-23/h6-7,10H,2-5,8-9H2,1H3,(H,20,24). The molecule has 122 valence electrons. The molecule has 0 radical (unpaired) electrons. The summed E-state index contributed by atoms with van der Waals surface area (Å²) in [5, 5.41) is 0. The first-order valence-electron chi connectivity index (χ1n) is 8.54. The molecule has 0 saturated carbocycles. The number of aromatic nitrogens is 4. The summed E-state index contributed by atoms with van der Waals surface area (Å²) in [6.07, 6.45) is 4.43. The highest BCUT2D eigenvalue weighted by molar-refractivity contribution is 5.82. The molecule has 6 heteroatoms. The van der Waals surface area contributed by atoms with Crippen LogP contribution in [0.4, 0.5) is 5.95 Å². The molecule has 2 aliphatic rings. The lowest BCUT2D eigenvalue weighted by atomic mass is 10.0. The van der Waals surface area contributed by atoms with Gasteiger partial charge in [-0.2, -0.15) is 0 Å². The molecule has 3 heterocycles. The minimum absolute atomic E-state index is 0.0867. The summed E-state index contributed by atoms with van der Waals surface area (Å²) in [5.74, 6) is 0.860. The maximum Gasteiger partial charge on any atom is 0.326 e. The van der Waals surface area contributed by atoms with Crippen molar-refractivity contribution in [1.29, 1.82) is 0 Å². The van der Waals surface area contributed by atoms with Crippen LogP contribution in [0.15, 0.2) is 23.0 Å². The van der Waals surface area contributed by atoms with Crippen LogP contribution >= 0.6 is 0 Å². The zero-order chi connectivity index (χ0) is 16.3. The van der Waals surface area contributed by atoms with Gasteiger partial charge in [-0.15, -0.1) is 0 Å². The van der Waals surface area contributed by atoms with E-state index in [9.17, 15) is 4.79 Å². The number of aryl methyl sites for hydroxylation is 2. The van der Waals surface area contributed by atoms with E-state index in [4.69, 9.17) is 9.97 Å². The molecule has 1 N–H and O–H groups in total. The fourth-order valence-corrected chi connectivity index (χ4v) is 3.70. The van der Waals surface area contributed by atoms with Gasteiger partial charge in [0.15, 0.2) is 0 Å². The van der Waals surface area contributed by atoms with Gasteiger partial charge in [-0.25, -0.2) is 14.8 Å². The predicted molar refractivity (Wildman–Crippen MR) is 93.4 cm³/mol. The van der Waals surface area contributed by atoms with Gasteiger partial charge in [0.2, 0.25) is 5.95 Å². The van der Waals surface area contributed by atoms with Crippen LogP contribution in [0.1, 0.15) is 24.1 Å². The lowest BCUT2D eigenvalue weighted by molar-refractivity contribution is 0.599. The fraction of sp³-hybridized carbons (Fsp3) is 0.389. The van der Waals surface area contributed by atoms with Crippen LogP contribution in [0.3, 0.4) is 0 Å². The van der Waals surface area contributed by atoms with Crippen molar-refractivity contribution < 1.29 is 0 Å². The Morgan fingerprint density at radius 3 is 2.79 bits per heavy atom. The second-order valence-corrected chi connectivity index (χ2v) is 6.71. The van der Waals surface area contributed by atoms with Crippen molar-refractivity contribution >= 4 is 17.0 Å². The average Bonchev–Trinajstić information content (AvgIpc) is 3.10. The lowest BCUT2D eigenvalue weighted by Gasteiger charge is -2.31. The second-order valence-electron chi connectivity index (χ2n) is 6.71. The van der Waals surface area contributed by atoms with Crippen molar-refractivity contribution in [2.45, 2.75) is 25.7 Å². The Bertz CT molecular complexity index is 1010. The first kappa shape index (κ1) is 13.8. The molecular weight excluding hydrogens is 302 g/mol. The molecule has 24 heavy (non-hydrogen) atoms. The van der Waals surface area contributed by atoms with Gasteiger partial charge in [0.1, 0.15) is 0 Å². The van der Waals surface area contributed by atoms with Crippen molar-refractivity contribution in [3.05, 3.63) is 39.9 Å². The van der Waals surface area contributed by atoms with Gasteiger partial charge in [-0.1, -0.05) is 6.07 Å². The third-order valence-electron chi connectivity index (χ3n) is 5.24. The van der Waals surface area contributed by atoms with E-state index in [-0.39, 0.29) is 5.69 Å². The van der Waals surface area contributed by atoms with E-state index in [0.29, 0.717) is 0 Å². The van der Waals surface area contributed by atoms with Gasteiger partial charge in [0.25, 0.3) is 0 Å². The summed E-state index contributed by atoms with van der Waals surface area (Å²) in [5.41, 5.74) is 6.25. The summed E-state index contributed by atoms with van der Waals surface area (Å²) in [7, 11) is 1.78. The van der Waals surface area contributed by atoms with E-state index in [1.807, 2.05) is 12.1 Å². The highest BCUT2D eigenvalue weighted by Gasteiger charge is 2.24. The number of imidazole rings is 1. The summed E-state index contributed by atoms with van der Waals surface area (Å²) in [6.45, 7) is 2.09. The molecule has 1 fully saturated rings. The molecule has 1 saturated heterocycles. The molecule has 2 aromatic heterocycles. The number of H-pyrrole nitrogens is 1. The normalized spacial score (nSPS) is 16.5. The van der Waals surface area contributed by atoms with Crippen molar-refractivity contribution in [2.24, 2.45) is 7.05 Å². The first-order valence-corrected chi connectivity index (χ1v) is 8.54. The van der Waals surface area contributed by atoms with Gasteiger partial charge in [-0.05, 0) is 37.8 Å². The van der Waals surface area contributed by atoms with Gasteiger partial charge in [-0.3, -0.25) is 4.57 Å². The highest BCUT2D eigenvalue weighted by atomic mass is 16.1. The molecule has 0 bridgehead atoms. The minimum atomic E-state index is -0.0867. The van der Waals surface area contributed by atoms with E-state index < -0.39 is 0 Å². The van der Waals surface area contributed by atoms with Gasteiger partial charge < -0.3 is 9.88 Å². The molecule has 0 unspecified atom stereocenters. The summed E-state index contributed by atoms with van der Waals surface area (Å²) >= 11 is 0. The van der Waals surface area contributed by atoms with Crippen molar-refractivity contribution in [1.82, 2.24) is 19.5 Å². The molecule has 6 nitrogen and oxygen atoms in total. The quantitative estimate of drug-likeness (QED) is 0.784. The summed E-state index contributed by atoms with van der Waals surface area (Å²) in [6, 6.07) is 6.10. The SMILES string of the molecule is Cn1c(=O)[nH]c2cc(-c3nc(N4CCC4)nc4c3CCC4)ccc21. The molecule has 1 aliphatic carbocycles. The molecule has 5 rings (SSSR count). The Morgan fingerprint density at radius 2 is 2.00 bits per heavy atom. The Hall–Kier alpha value is -2.63. The number of fused-ring (bicyclic) bond motifs is 2. The number of anilines is 1. The number of nitrogens with one attached hydrogen (secondary N) is 1. The highest BCUT2D eigenvalue weighted by Crippen LogP contribution is 2.33. The number of nitrogens with zero attached hydrogens (tertiary/aromatic N) is 4. The molecule has 0 spiro atoms.